The van der Waals surface area contributed by atoms with Crippen molar-refractivity contribution in [3.8, 4) is 5.75 Å². The van der Waals surface area contributed by atoms with Crippen LogP contribution in [-0.2, 0) is 19.6 Å². The quantitative estimate of drug-likeness (QED) is 0.673. The molecule has 0 aromatic heterocycles. The summed E-state index contributed by atoms with van der Waals surface area (Å²) in [4.78, 5) is 24.7. The Morgan fingerprint density at radius 2 is 1.79 bits per heavy atom. The van der Waals surface area contributed by atoms with Crippen LogP contribution in [0.5, 0.6) is 5.75 Å². The van der Waals surface area contributed by atoms with E-state index in [2.05, 4.69) is 5.32 Å². The van der Waals surface area contributed by atoms with E-state index in [0.29, 0.717) is 13.1 Å². The molecule has 2 aliphatic rings. The number of hydrogen-bond donors (Lipinski definition) is 1. The second-order valence-corrected chi connectivity index (χ2v) is 9.45. The van der Waals surface area contributed by atoms with Crippen LogP contribution in [0.15, 0.2) is 23.1 Å². The summed E-state index contributed by atoms with van der Waals surface area (Å²) in [5, 5.41) is 2.77. The molecule has 1 amide bonds. The van der Waals surface area contributed by atoms with Crippen molar-refractivity contribution in [2.24, 2.45) is 0 Å². The van der Waals surface area contributed by atoms with Gasteiger partial charge >= 0.3 is 5.97 Å². The highest BCUT2D eigenvalue weighted by atomic mass is 32.2. The standard InChI is InChI=1S/C20H28N2O6S/c1-14(19(23)21-15-7-8-15)28-20(24)17-13-16(9-10-18(17)27-2)29(25,26)22-11-5-3-4-6-12-22/h9-10,13-15H,3-8,11-12H2,1-2H3,(H,21,23)/t14-/m0/s1. The fourth-order valence-electron chi connectivity index (χ4n) is 3.26. The molecule has 8 nitrogen and oxygen atoms in total. The maximum Gasteiger partial charge on any atom is 0.342 e. The van der Waals surface area contributed by atoms with E-state index in [9.17, 15) is 18.0 Å². The van der Waals surface area contributed by atoms with Crippen LogP contribution in [0, 0.1) is 0 Å². The van der Waals surface area contributed by atoms with E-state index in [0.717, 1.165) is 38.5 Å². The van der Waals surface area contributed by atoms with Gasteiger partial charge in [-0.25, -0.2) is 13.2 Å². The van der Waals surface area contributed by atoms with Crippen molar-refractivity contribution in [1.82, 2.24) is 9.62 Å². The highest BCUT2D eigenvalue weighted by Crippen LogP contribution is 2.27. The van der Waals surface area contributed by atoms with Gasteiger partial charge in [0.1, 0.15) is 11.3 Å². The fourth-order valence-corrected chi connectivity index (χ4v) is 4.81. The normalized spacial score (nSPS) is 19.1. The summed E-state index contributed by atoms with van der Waals surface area (Å²) >= 11 is 0. The van der Waals surface area contributed by atoms with Gasteiger partial charge in [0.15, 0.2) is 6.10 Å². The first-order valence-corrected chi connectivity index (χ1v) is 11.5. The maximum atomic E-state index is 13.0. The average Bonchev–Trinajstić information content (AvgIpc) is 3.54. The van der Waals surface area contributed by atoms with E-state index in [1.807, 2.05) is 0 Å². The first-order chi connectivity index (χ1) is 13.8. The molecule has 0 unspecified atom stereocenters. The number of nitrogens with zero attached hydrogens (tertiary/aromatic N) is 1. The number of rotatable bonds is 7. The average molecular weight is 425 g/mol. The Bertz CT molecular complexity index is 858. The third kappa shape index (κ3) is 5.27. The summed E-state index contributed by atoms with van der Waals surface area (Å²) < 4.78 is 38.0. The van der Waals surface area contributed by atoms with E-state index >= 15 is 0 Å². The number of esters is 1. The predicted octanol–water partition coefficient (Wildman–Crippen LogP) is 2.08. The number of benzene rings is 1. The van der Waals surface area contributed by atoms with Crippen LogP contribution in [0.25, 0.3) is 0 Å². The topological polar surface area (TPSA) is 102 Å². The molecule has 0 radical (unpaired) electrons. The minimum Gasteiger partial charge on any atom is -0.496 e. The molecular weight excluding hydrogens is 396 g/mol. The zero-order chi connectivity index (χ0) is 21.0. The number of sulfonamides is 1. The number of nitrogens with one attached hydrogen (secondary N) is 1. The summed E-state index contributed by atoms with van der Waals surface area (Å²) in [5.74, 6) is -0.971. The molecule has 1 aliphatic carbocycles. The number of carbonyl (C=O) groups is 2. The van der Waals surface area contributed by atoms with Crippen molar-refractivity contribution in [3.63, 3.8) is 0 Å². The lowest BCUT2D eigenvalue weighted by Gasteiger charge is -2.21. The Morgan fingerprint density at radius 1 is 1.14 bits per heavy atom. The number of carbonyl (C=O) groups excluding carboxylic acids is 2. The molecule has 1 aliphatic heterocycles. The Kier molecular flexibility index (Phi) is 6.79. The lowest BCUT2D eigenvalue weighted by molar-refractivity contribution is -0.129. The van der Waals surface area contributed by atoms with E-state index in [1.165, 1.54) is 36.5 Å². The Hall–Kier alpha value is -2.13. The largest absolute Gasteiger partial charge is 0.496 e. The number of ether oxygens (including phenoxy) is 2. The van der Waals surface area contributed by atoms with Gasteiger partial charge in [-0.15, -0.1) is 0 Å². The van der Waals surface area contributed by atoms with Crippen LogP contribution in [-0.4, -0.2) is 56.9 Å². The van der Waals surface area contributed by atoms with Gasteiger partial charge in [-0.2, -0.15) is 4.31 Å². The van der Waals surface area contributed by atoms with Gasteiger partial charge in [0, 0.05) is 19.1 Å². The number of amides is 1. The van der Waals surface area contributed by atoms with Gasteiger partial charge in [0.2, 0.25) is 10.0 Å². The number of methoxy groups -OCH3 is 1. The molecule has 2 fully saturated rings. The monoisotopic (exact) mass is 424 g/mol. The van der Waals surface area contributed by atoms with Gasteiger partial charge in [-0.1, -0.05) is 12.8 Å². The van der Waals surface area contributed by atoms with Crippen molar-refractivity contribution in [2.45, 2.75) is 62.5 Å². The summed E-state index contributed by atoms with van der Waals surface area (Å²) in [6.45, 7) is 2.42. The molecule has 3 rings (SSSR count). The number of hydrogen-bond acceptors (Lipinski definition) is 6. The van der Waals surface area contributed by atoms with Crippen molar-refractivity contribution < 1.29 is 27.5 Å². The molecule has 29 heavy (non-hydrogen) atoms. The molecule has 1 saturated heterocycles. The highest BCUT2D eigenvalue weighted by Gasteiger charge is 2.30. The summed E-state index contributed by atoms with van der Waals surface area (Å²) in [6, 6.07) is 4.29. The highest BCUT2D eigenvalue weighted by molar-refractivity contribution is 7.89. The van der Waals surface area contributed by atoms with Crippen LogP contribution in [0.3, 0.4) is 0 Å². The van der Waals surface area contributed by atoms with Gasteiger partial charge in [0.05, 0.1) is 12.0 Å². The van der Waals surface area contributed by atoms with Crippen molar-refractivity contribution in [1.29, 1.82) is 0 Å². The first kappa shape index (κ1) is 21.6. The van der Waals surface area contributed by atoms with Crippen LogP contribution < -0.4 is 10.1 Å². The molecular formula is C20H28N2O6S. The zero-order valence-electron chi connectivity index (χ0n) is 16.8. The second-order valence-electron chi connectivity index (χ2n) is 7.51. The van der Waals surface area contributed by atoms with E-state index in [-0.39, 0.29) is 28.2 Å². The maximum absolute atomic E-state index is 13.0. The van der Waals surface area contributed by atoms with Crippen molar-refractivity contribution in [3.05, 3.63) is 23.8 Å². The Labute approximate surface area is 171 Å². The predicted molar refractivity (Wildman–Crippen MR) is 106 cm³/mol. The minimum absolute atomic E-state index is 0.0160. The van der Waals surface area contributed by atoms with Crippen LogP contribution in [0.2, 0.25) is 0 Å². The Balaban J connectivity index is 1.80. The van der Waals surface area contributed by atoms with E-state index in [1.54, 1.807) is 0 Å². The van der Waals surface area contributed by atoms with Crippen LogP contribution in [0.1, 0.15) is 55.8 Å². The first-order valence-electron chi connectivity index (χ1n) is 10.0. The Morgan fingerprint density at radius 3 is 2.38 bits per heavy atom. The smallest absolute Gasteiger partial charge is 0.342 e. The van der Waals surface area contributed by atoms with Crippen LogP contribution >= 0.6 is 0 Å². The van der Waals surface area contributed by atoms with Gasteiger partial charge in [0.25, 0.3) is 5.91 Å². The summed E-state index contributed by atoms with van der Waals surface area (Å²) in [5.41, 5.74) is -0.0190. The lowest BCUT2D eigenvalue weighted by atomic mass is 10.2. The third-order valence-electron chi connectivity index (χ3n) is 5.17. The lowest BCUT2D eigenvalue weighted by Crippen LogP contribution is -2.37. The molecule has 1 aromatic rings. The minimum atomic E-state index is -3.73. The van der Waals surface area contributed by atoms with Crippen molar-refractivity contribution in [2.75, 3.05) is 20.2 Å². The summed E-state index contributed by atoms with van der Waals surface area (Å²) in [7, 11) is -2.34. The zero-order valence-corrected chi connectivity index (χ0v) is 17.7. The molecule has 1 atom stereocenters. The summed E-state index contributed by atoms with van der Waals surface area (Å²) in [6.07, 6.45) is 4.52. The molecule has 0 spiro atoms. The van der Waals surface area contributed by atoms with Crippen molar-refractivity contribution >= 4 is 21.9 Å². The SMILES string of the molecule is COc1ccc(S(=O)(=O)N2CCCCCC2)cc1C(=O)O[C@@H](C)C(=O)NC1CC1. The van der Waals surface area contributed by atoms with Gasteiger partial charge in [-0.3, -0.25) is 4.79 Å². The molecule has 160 valence electrons. The van der Waals surface area contributed by atoms with Crippen LogP contribution in [0.4, 0.5) is 0 Å². The molecule has 1 aromatic carbocycles. The van der Waals surface area contributed by atoms with Gasteiger partial charge < -0.3 is 14.8 Å². The van der Waals surface area contributed by atoms with Gasteiger partial charge in [-0.05, 0) is 50.8 Å². The second kappa shape index (κ2) is 9.13. The molecule has 9 heteroatoms. The molecule has 0 bridgehead atoms. The van der Waals surface area contributed by atoms with E-state index < -0.39 is 22.1 Å². The third-order valence-corrected chi connectivity index (χ3v) is 7.07. The molecule has 1 heterocycles. The van der Waals surface area contributed by atoms with E-state index in [4.69, 9.17) is 9.47 Å². The molecule has 1 N–H and O–H groups in total. The molecule has 1 saturated carbocycles. The fraction of sp³-hybridized carbons (Fsp3) is 0.600.